The van der Waals surface area contributed by atoms with Crippen LogP contribution in [0.5, 0.6) is 5.88 Å². The molecule has 4 aliphatic rings. The number of fused-ring (bicyclic) bond motifs is 2. The summed E-state index contributed by atoms with van der Waals surface area (Å²) in [7, 11) is -4.25. The van der Waals surface area contributed by atoms with Crippen LogP contribution in [0, 0.1) is 38.9 Å². The van der Waals surface area contributed by atoms with Gasteiger partial charge in [-0.3, -0.25) is 14.4 Å². The molecule has 3 aromatic rings. The van der Waals surface area contributed by atoms with E-state index in [4.69, 9.17) is 23.7 Å². The van der Waals surface area contributed by atoms with Crippen LogP contribution in [0.4, 0.5) is 0 Å². The highest BCUT2D eigenvalue weighted by Gasteiger charge is 2.79. The molecule has 7 rings (SSSR count). The van der Waals surface area contributed by atoms with Gasteiger partial charge in [0.25, 0.3) is 9.84 Å². The van der Waals surface area contributed by atoms with Gasteiger partial charge < -0.3 is 28.5 Å². The maximum Gasteiger partial charge on any atom is 0.404 e. The van der Waals surface area contributed by atoms with Gasteiger partial charge in [0.2, 0.25) is 4.60 Å². The molecule has 3 aliphatic carbocycles. The van der Waals surface area contributed by atoms with Crippen LogP contribution in [-0.2, 0) is 48.0 Å². The number of cyclic esters (lactones) is 1. The van der Waals surface area contributed by atoms with Crippen molar-refractivity contribution in [3.05, 3.63) is 82.8 Å². The molecule has 1 aromatic heterocycles. The van der Waals surface area contributed by atoms with E-state index in [9.17, 15) is 42.1 Å². The van der Waals surface area contributed by atoms with Crippen molar-refractivity contribution in [3.8, 4) is 5.88 Å². The first-order valence-corrected chi connectivity index (χ1v) is 21.1. The molecule has 7 atom stereocenters. The van der Waals surface area contributed by atoms with Gasteiger partial charge in [0.05, 0.1) is 34.7 Å². The van der Waals surface area contributed by atoms with E-state index in [1.54, 1.807) is 6.07 Å². The van der Waals surface area contributed by atoms with Crippen LogP contribution in [-0.4, -0.2) is 81.5 Å². The molecule has 0 radical (unpaired) electrons. The third-order valence-corrected chi connectivity index (χ3v) is 14.4. The Morgan fingerprint density at radius 1 is 0.950 bits per heavy atom. The van der Waals surface area contributed by atoms with E-state index in [2.05, 4.69) is 16.4 Å². The highest BCUT2D eigenvalue weighted by atomic mass is 32.2. The zero-order valence-corrected chi connectivity index (χ0v) is 34.0. The summed E-state index contributed by atoms with van der Waals surface area (Å²) in [6, 6.07) is 12.7. The van der Waals surface area contributed by atoms with Crippen LogP contribution in [0.3, 0.4) is 0 Å². The second-order valence-electron chi connectivity index (χ2n) is 16.4. The predicted octanol–water partition coefficient (Wildman–Crippen LogP) is 4.16. The summed E-state index contributed by atoms with van der Waals surface area (Å²) in [5.41, 5.74) is -3.65. The normalized spacial score (nSPS) is 28.0. The van der Waals surface area contributed by atoms with Crippen LogP contribution in [0.15, 0.2) is 81.3 Å². The fourth-order valence-corrected chi connectivity index (χ4v) is 11.3. The minimum Gasteiger partial charge on any atom is -0.464 e. The number of sulfone groups is 1. The predicted molar refractivity (Wildman–Crippen MR) is 203 cm³/mol. The van der Waals surface area contributed by atoms with Gasteiger partial charge in [0, 0.05) is 18.8 Å². The maximum absolute atomic E-state index is 14.3. The van der Waals surface area contributed by atoms with Gasteiger partial charge >= 0.3 is 34.8 Å². The third kappa shape index (κ3) is 6.83. The average molecular weight is 850 g/mol. The number of aromatic amines is 1. The number of benzene rings is 2. The summed E-state index contributed by atoms with van der Waals surface area (Å²) in [5, 5.41) is 1.42. The number of esters is 4. The number of ketones is 1. The molecule has 1 N–H and O–H groups in total. The van der Waals surface area contributed by atoms with Crippen LogP contribution >= 0.6 is 0 Å². The minimum absolute atomic E-state index is 0.0185. The first kappa shape index (κ1) is 42.2. The van der Waals surface area contributed by atoms with Gasteiger partial charge in [-0.15, -0.1) is 0 Å². The molecule has 0 unspecified atom stereocenters. The second-order valence-corrected chi connectivity index (χ2v) is 18.2. The Hall–Kier alpha value is -5.91. The van der Waals surface area contributed by atoms with E-state index in [1.165, 1.54) is 55.5 Å². The smallest absolute Gasteiger partial charge is 0.404 e. The Balaban J connectivity index is 1.00. The number of ether oxygens (including phenoxy) is 5. The van der Waals surface area contributed by atoms with Gasteiger partial charge in [0.15, 0.2) is 11.2 Å². The Bertz CT molecular complexity index is 2400. The molecular weight excluding hydrogens is 805 g/mol. The zero-order chi connectivity index (χ0) is 43.2. The number of aromatic nitrogens is 2. The summed E-state index contributed by atoms with van der Waals surface area (Å²) >= 11 is 0. The van der Waals surface area contributed by atoms with E-state index in [-0.39, 0.29) is 51.9 Å². The van der Waals surface area contributed by atoms with Crippen LogP contribution < -0.4 is 9.34 Å². The van der Waals surface area contributed by atoms with E-state index in [0.29, 0.717) is 38.5 Å². The van der Waals surface area contributed by atoms with Crippen LogP contribution in [0.1, 0.15) is 80.0 Å². The fourth-order valence-electron chi connectivity index (χ4n) is 9.93. The van der Waals surface area contributed by atoms with E-state index < -0.39 is 90.7 Å². The largest absolute Gasteiger partial charge is 0.464 e. The Morgan fingerprint density at radius 2 is 1.62 bits per heavy atom. The number of carbonyl (C=O) groups is 6. The number of nitrogens with zero attached hydrogens (tertiary/aromatic N) is 1. The van der Waals surface area contributed by atoms with Gasteiger partial charge in [-0.05, 0) is 102 Å². The van der Waals surface area contributed by atoms with Crippen molar-refractivity contribution < 1.29 is 70.1 Å². The zero-order valence-electron chi connectivity index (χ0n) is 33.2. The van der Waals surface area contributed by atoms with Crippen molar-refractivity contribution in [1.82, 2.24) is 5.16 Å². The van der Waals surface area contributed by atoms with Crippen molar-refractivity contribution in [1.29, 1.82) is 0 Å². The maximum atomic E-state index is 14.3. The molecule has 2 aromatic carbocycles. The lowest BCUT2D eigenvalue weighted by Gasteiger charge is -2.62. The molecule has 60 heavy (non-hydrogen) atoms. The van der Waals surface area contributed by atoms with Gasteiger partial charge in [-0.25, -0.2) is 18.0 Å². The van der Waals surface area contributed by atoms with Crippen LogP contribution in [0.25, 0.3) is 0 Å². The van der Waals surface area contributed by atoms with Gasteiger partial charge in [-0.2, -0.15) is 0 Å². The molecule has 18 heteroatoms. The van der Waals surface area contributed by atoms with E-state index in [1.807, 2.05) is 13.8 Å². The summed E-state index contributed by atoms with van der Waals surface area (Å²) in [6.45, 7) is 8.76. The summed E-state index contributed by atoms with van der Waals surface area (Å²) < 4.78 is 58.9. The number of hydrogen-bond acceptors (Lipinski definition) is 15. The fraction of sp³-hybridized carbons (Fsp3) is 0.476. The highest BCUT2D eigenvalue weighted by molar-refractivity contribution is 7.91. The van der Waals surface area contributed by atoms with Crippen molar-refractivity contribution >= 4 is 45.8 Å². The number of unbranched alkanes of at least 4 members (excludes halogenated alkanes) is 1. The first-order chi connectivity index (χ1) is 28.5. The Morgan fingerprint density at radius 3 is 2.28 bits per heavy atom. The van der Waals surface area contributed by atoms with Gasteiger partial charge in [0.1, 0.15) is 25.1 Å². The molecule has 2 bridgehead atoms. The van der Waals surface area contributed by atoms with Gasteiger partial charge in [-0.1, -0.05) is 43.3 Å². The molecule has 2 heterocycles. The van der Waals surface area contributed by atoms with Crippen molar-refractivity contribution in [2.75, 3.05) is 19.8 Å². The molecule has 2 spiro atoms. The molecule has 1 aliphatic heterocycles. The highest BCUT2D eigenvalue weighted by Crippen LogP contribution is 2.68. The molecule has 318 valence electrons. The van der Waals surface area contributed by atoms with E-state index in [0.717, 1.165) is 6.29 Å². The van der Waals surface area contributed by atoms with Crippen LogP contribution in [0.2, 0.25) is 0 Å². The number of carbonyl (C=O) groups excluding carboxylic acids is 6. The minimum atomic E-state index is -4.25. The van der Waals surface area contributed by atoms with E-state index >= 15 is 0 Å². The molecule has 1 saturated heterocycles. The Kier molecular flexibility index (Phi) is 11.2. The topological polar surface area (TPSA) is 235 Å². The lowest BCUT2D eigenvalue weighted by atomic mass is 9.43. The van der Waals surface area contributed by atoms with Crippen molar-refractivity contribution in [2.45, 2.75) is 81.4 Å². The molecule has 0 amide bonds. The number of nitrogens with one attached hydrogen (secondary N) is 1. The van der Waals surface area contributed by atoms with Crippen molar-refractivity contribution in [2.24, 2.45) is 34.0 Å². The monoisotopic (exact) mass is 849 g/mol. The van der Waals surface area contributed by atoms with Crippen molar-refractivity contribution in [3.63, 3.8) is 0 Å². The third-order valence-electron chi connectivity index (χ3n) is 12.7. The second kappa shape index (κ2) is 15.9. The summed E-state index contributed by atoms with van der Waals surface area (Å²) in [5.74, 6) is -6.38. The number of hydrogen-bond donors (Lipinski definition) is 1. The quantitative estimate of drug-likeness (QED) is 0.0635. The number of aldehydes is 1. The summed E-state index contributed by atoms with van der Waals surface area (Å²) in [6.07, 6.45) is 0.754. The molecule has 4 fully saturated rings. The summed E-state index contributed by atoms with van der Waals surface area (Å²) in [4.78, 5) is 92.4. The molecular formula is C42H45N2O15S+. The standard InChI is InChI=1S/C42H45N2O15S/c1-24-29-16-17-30-41(31(22-45)40(3,4)19-18-32(41)57-25(2)46)23-56-39(50)42(30,33(24)47)34(29)58-38(49)27-14-12-26(13-15-27)37(48)55-21-9-8-20-54-35-36(44(51)59-43-35)60(52,53)28-10-6-5-7-11-28/h5-7,10-15,22,29-32,34,43H,1,8-9,16-21,23H2,2-4H3/q+1/t29-,30-,31+,32-,34+,41-,42-/m0/s1. The lowest BCUT2D eigenvalue weighted by Crippen LogP contribution is -2.71. The molecule has 3 saturated carbocycles. The number of rotatable bonds is 13. The number of Topliss-reactive ketones (excluding diaryl/α,β-unsaturated/α-hetero) is 1. The average Bonchev–Trinajstić information content (AvgIpc) is 3.65. The lowest BCUT2D eigenvalue weighted by molar-refractivity contribution is -0.744. The number of H-pyrrole nitrogens is 1. The SMILES string of the molecule is C=C1C(=O)[C@@]23C(=O)OC[C@]4([C@@H](OC(C)=O)CCC(C)(C)[C@H]4C=O)[C@@H]2CC[C@@H]1[C@H]3OC(=O)c1ccc(C(=O)OCCCCOc2[nH]o[n+](=O)c2S(=O)(=O)c2ccccc2)cc1. The Labute approximate surface area is 344 Å². The first-order valence-electron chi connectivity index (χ1n) is 19.6. The molecule has 17 nitrogen and oxygen atoms in total.